The number of rotatable bonds is 2. The zero-order chi connectivity index (χ0) is 11.7. The molecule has 2 rings (SSSR count). The van der Waals surface area contributed by atoms with Crippen LogP contribution in [0.3, 0.4) is 0 Å². The fourth-order valence-electron chi connectivity index (χ4n) is 1.51. The first kappa shape index (κ1) is 11.5. The van der Waals surface area contributed by atoms with Gasteiger partial charge >= 0.3 is 0 Å². The number of aliphatic hydroxyl groups is 1. The zero-order valence-electron chi connectivity index (χ0n) is 8.58. The number of halogens is 2. The van der Waals surface area contributed by atoms with Crippen LogP contribution in [0.1, 0.15) is 23.0 Å². The predicted molar refractivity (Wildman–Crippen MR) is 64.0 cm³/mol. The molecule has 0 radical (unpaired) electrons. The van der Waals surface area contributed by atoms with Gasteiger partial charge in [-0.3, -0.25) is 0 Å². The third-order valence-corrected chi connectivity index (χ3v) is 2.89. The summed E-state index contributed by atoms with van der Waals surface area (Å²) >= 11 is 11.8. The molecule has 0 aliphatic rings. The summed E-state index contributed by atoms with van der Waals surface area (Å²) in [7, 11) is 0. The van der Waals surface area contributed by atoms with E-state index in [4.69, 9.17) is 27.6 Å². The van der Waals surface area contributed by atoms with E-state index in [1.165, 1.54) is 6.26 Å². The molecule has 0 fully saturated rings. The van der Waals surface area contributed by atoms with E-state index in [1.54, 1.807) is 24.3 Å². The molecule has 0 amide bonds. The van der Waals surface area contributed by atoms with Crippen LogP contribution in [0.25, 0.3) is 0 Å². The van der Waals surface area contributed by atoms with Crippen molar-refractivity contribution in [2.45, 2.75) is 13.0 Å². The van der Waals surface area contributed by atoms with Gasteiger partial charge in [0.05, 0.1) is 6.26 Å². The molecule has 0 saturated heterocycles. The van der Waals surface area contributed by atoms with Crippen molar-refractivity contribution in [3.8, 4) is 0 Å². The van der Waals surface area contributed by atoms with Gasteiger partial charge in [-0.05, 0) is 25.1 Å². The lowest BCUT2D eigenvalue weighted by molar-refractivity contribution is 0.219. The Morgan fingerprint density at radius 2 is 2.00 bits per heavy atom. The molecule has 16 heavy (non-hydrogen) atoms. The van der Waals surface area contributed by atoms with E-state index in [0.717, 1.165) is 5.76 Å². The predicted octanol–water partition coefficient (Wildman–Crippen LogP) is 3.98. The highest BCUT2D eigenvalue weighted by molar-refractivity contribution is 6.35. The fraction of sp³-hybridized carbons (Fsp3) is 0.167. The molecule has 4 heteroatoms. The second kappa shape index (κ2) is 4.50. The lowest BCUT2D eigenvalue weighted by Crippen LogP contribution is -1.98. The average Bonchev–Trinajstić information content (AvgIpc) is 2.64. The molecule has 0 bridgehead atoms. The van der Waals surface area contributed by atoms with Gasteiger partial charge in [-0.1, -0.05) is 29.3 Å². The van der Waals surface area contributed by atoms with Gasteiger partial charge in [0, 0.05) is 21.2 Å². The van der Waals surface area contributed by atoms with Gasteiger partial charge in [-0.15, -0.1) is 0 Å². The van der Waals surface area contributed by atoms with Crippen molar-refractivity contribution < 1.29 is 9.52 Å². The van der Waals surface area contributed by atoms with Gasteiger partial charge in [0.1, 0.15) is 11.9 Å². The summed E-state index contributed by atoms with van der Waals surface area (Å²) in [6.45, 7) is 1.82. The maximum atomic E-state index is 10.1. The minimum atomic E-state index is -0.790. The molecule has 0 saturated carbocycles. The maximum Gasteiger partial charge on any atom is 0.109 e. The van der Waals surface area contributed by atoms with Crippen molar-refractivity contribution in [3.05, 3.63) is 57.5 Å². The Balaban J connectivity index is 2.37. The van der Waals surface area contributed by atoms with E-state index in [2.05, 4.69) is 0 Å². The van der Waals surface area contributed by atoms with Gasteiger partial charge in [-0.25, -0.2) is 0 Å². The summed E-state index contributed by atoms with van der Waals surface area (Å²) in [6.07, 6.45) is 0.729. The minimum absolute atomic E-state index is 0.443. The van der Waals surface area contributed by atoms with Gasteiger partial charge in [0.15, 0.2) is 0 Å². The first-order valence-corrected chi connectivity index (χ1v) is 5.51. The second-order valence-electron chi connectivity index (χ2n) is 3.56. The zero-order valence-corrected chi connectivity index (χ0v) is 10.1. The molecule has 84 valence electrons. The number of aliphatic hydroxyl groups excluding tert-OH is 1. The molecule has 1 aromatic heterocycles. The van der Waals surface area contributed by atoms with Gasteiger partial charge in [-0.2, -0.15) is 0 Å². The highest BCUT2D eigenvalue weighted by atomic mass is 35.5. The summed E-state index contributed by atoms with van der Waals surface area (Å²) < 4.78 is 5.14. The van der Waals surface area contributed by atoms with Crippen LogP contribution in [0.15, 0.2) is 34.9 Å². The molecule has 0 aliphatic heterocycles. The van der Waals surface area contributed by atoms with Crippen LogP contribution in [0.2, 0.25) is 10.0 Å². The van der Waals surface area contributed by atoms with Crippen LogP contribution >= 0.6 is 23.2 Å². The number of hydrogen-bond donors (Lipinski definition) is 1. The van der Waals surface area contributed by atoms with E-state index in [1.807, 2.05) is 6.92 Å². The van der Waals surface area contributed by atoms with Crippen molar-refractivity contribution >= 4 is 23.2 Å². The Morgan fingerprint density at radius 1 is 1.25 bits per heavy atom. The standard InChI is InChI=1S/C12H10Cl2O2/c1-7-4-8(6-16-7)12(15)10-3-2-9(13)5-11(10)14/h2-6,12,15H,1H3. The molecular weight excluding hydrogens is 247 g/mol. The SMILES string of the molecule is Cc1cc(C(O)c2ccc(Cl)cc2Cl)co1. The Labute approximate surface area is 103 Å². The fourth-order valence-corrected chi connectivity index (χ4v) is 2.02. The van der Waals surface area contributed by atoms with E-state index < -0.39 is 6.10 Å². The number of furan rings is 1. The maximum absolute atomic E-state index is 10.1. The summed E-state index contributed by atoms with van der Waals surface area (Å²) in [6, 6.07) is 6.78. The molecule has 1 unspecified atom stereocenters. The van der Waals surface area contributed by atoms with Gasteiger partial charge < -0.3 is 9.52 Å². The molecule has 0 aliphatic carbocycles. The topological polar surface area (TPSA) is 33.4 Å². The van der Waals surface area contributed by atoms with Crippen LogP contribution in [-0.2, 0) is 0 Å². The Bertz CT molecular complexity index is 505. The average molecular weight is 257 g/mol. The van der Waals surface area contributed by atoms with Crippen molar-refractivity contribution in [2.75, 3.05) is 0 Å². The second-order valence-corrected chi connectivity index (χ2v) is 4.40. The van der Waals surface area contributed by atoms with Crippen LogP contribution in [0, 0.1) is 6.92 Å². The number of benzene rings is 1. The Morgan fingerprint density at radius 3 is 2.56 bits per heavy atom. The van der Waals surface area contributed by atoms with E-state index in [9.17, 15) is 5.11 Å². The quantitative estimate of drug-likeness (QED) is 0.882. The summed E-state index contributed by atoms with van der Waals surface area (Å²) in [5.74, 6) is 0.749. The van der Waals surface area contributed by atoms with E-state index >= 15 is 0 Å². The van der Waals surface area contributed by atoms with Crippen LogP contribution in [-0.4, -0.2) is 5.11 Å². The molecule has 1 atom stereocenters. The smallest absolute Gasteiger partial charge is 0.109 e. The molecular formula is C12H10Cl2O2. The first-order chi connectivity index (χ1) is 7.58. The van der Waals surface area contributed by atoms with Crippen LogP contribution in [0.4, 0.5) is 0 Å². The molecule has 2 nitrogen and oxygen atoms in total. The molecule has 0 spiro atoms. The number of aryl methyl sites for hydroxylation is 1. The van der Waals surface area contributed by atoms with Crippen LogP contribution in [0.5, 0.6) is 0 Å². The largest absolute Gasteiger partial charge is 0.469 e. The summed E-state index contributed by atoms with van der Waals surface area (Å²) in [5, 5.41) is 11.1. The number of hydrogen-bond acceptors (Lipinski definition) is 2. The van der Waals surface area contributed by atoms with Crippen molar-refractivity contribution in [1.29, 1.82) is 0 Å². The highest BCUT2D eigenvalue weighted by Gasteiger charge is 2.15. The van der Waals surface area contributed by atoms with E-state index in [0.29, 0.717) is 21.2 Å². The Kier molecular flexibility index (Phi) is 3.24. The van der Waals surface area contributed by atoms with Crippen molar-refractivity contribution in [2.24, 2.45) is 0 Å². The molecule has 1 heterocycles. The minimum Gasteiger partial charge on any atom is -0.469 e. The molecule has 1 N–H and O–H groups in total. The summed E-state index contributed by atoms with van der Waals surface area (Å²) in [5.41, 5.74) is 1.30. The third-order valence-electron chi connectivity index (χ3n) is 2.32. The normalized spacial score (nSPS) is 12.8. The lowest BCUT2D eigenvalue weighted by Gasteiger charge is -2.10. The van der Waals surface area contributed by atoms with Crippen molar-refractivity contribution in [3.63, 3.8) is 0 Å². The monoisotopic (exact) mass is 256 g/mol. The summed E-state index contributed by atoms with van der Waals surface area (Å²) in [4.78, 5) is 0. The van der Waals surface area contributed by atoms with Crippen LogP contribution < -0.4 is 0 Å². The molecule has 2 aromatic rings. The van der Waals surface area contributed by atoms with Gasteiger partial charge in [0.25, 0.3) is 0 Å². The highest BCUT2D eigenvalue weighted by Crippen LogP contribution is 2.30. The Hall–Kier alpha value is -0.960. The van der Waals surface area contributed by atoms with Crippen molar-refractivity contribution in [1.82, 2.24) is 0 Å². The lowest BCUT2D eigenvalue weighted by atomic mass is 10.0. The van der Waals surface area contributed by atoms with Gasteiger partial charge in [0.2, 0.25) is 0 Å². The van der Waals surface area contributed by atoms with E-state index in [-0.39, 0.29) is 0 Å². The third kappa shape index (κ3) is 2.24. The first-order valence-electron chi connectivity index (χ1n) is 4.76. The molecule has 1 aromatic carbocycles.